The Morgan fingerprint density at radius 1 is 1.44 bits per heavy atom. The molecule has 1 N–H and O–H groups in total. The van der Waals surface area contributed by atoms with Crippen molar-refractivity contribution >= 4 is 22.3 Å². The van der Waals surface area contributed by atoms with E-state index in [1.807, 2.05) is 22.2 Å². The number of thiazole rings is 1. The smallest absolute Gasteiger partial charge is 0.315 e. The highest BCUT2D eigenvalue weighted by molar-refractivity contribution is 7.15. The molecule has 3 aromatic heterocycles. The predicted molar refractivity (Wildman–Crippen MR) is 68.7 cm³/mol. The van der Waals surface area contributed by atoms with Crippen LogP contribution in [0.5, 0.6) is 0 Å². The highest BCUT2D eigenvalue weighted by Gasteiger charge is 2.06. The highest BCUT2D eigenvalue weighted by atomic mass is 32.1. The molecule has 3 heterocycles. The van der Waals surface area contributed by atoms with Crippen LogP contribution in [0, 0.1) is 0 Å². The van der Waals surface area contributed by atoms with E-state index in [0.717, 1.165) is 23.5 Å². The standard InChI is InChI=1S/C11H13N5OS/c1-2-3-9-14-15-10(17-9)12-6-8-7-16-4-5-18-11(16)13-8/h4-5,7H,2-3,6H2,1H3,(H,12,15). The zero-order valence-corrected chi connectivity index (χ0v) is 10.8. The summed E-state index contributed by atoms with van der Waals surface area (Å²) in [4.78, 5) is 5.45. The molecule has 0 atom stereocenters. The lowest BCUT2D eigenvalue weighted by atomic mass is 10.3. The van der Waals surface area contributed by atoms with Crippen LogP contribution in [0.15, 0.2) is 22.2 Å². The average Bonchev–Trinajstić information content (AvgIpc) is 3.00. The van der Waals surface area contributed by atoms with Crippen LogP contribution in [0.4, 0.5) is 6.01 Å². The van der Waals surface area contributed by atoms with Crippen LogP contribution in [-0.4, -0.2) is 19.6 Å². The lowest BCUT2D eigenvalue weighted by Gasteiger charge is -1.96. The maximum absolute atomic E-state index is 5.44. The van der Waals surface area contributed by atoms with Crippen molar-refractivity contribution in [2.45, 2.75) is 26.3 Å². The van der Waals surface area contributed by atoms with Crippen molar-refractivity contribution in [2.24, 2.45) is 0 Å². The van der Waals surface area contributed by atoms with Gasteiger partial charge in [-0.25, -0.2) is 4.98 Å². The predicted octanol–water partition coefficient (Wildman–Crippen LogP) is 2.34. The number of hydrogen-bond acceptors (Lipinski definition) is 6. The highest BCUT2D eigenvalue weighted by Crippen LogP contribution is 2.13. The monoisotopic (exact) mass is 263 g/mol. The minimum atomic E-state index is 0.454. The van der Waals surface area contributed by atoms with E-state index in [4.69, 9.17) is 4.42 Å². The second kappa shape index (κ2) is 4.77. The average molecular weight is 263 g/mol. The molecule has 0 aliphatic heterocycles. The number of nitrogens with one attached hydrogen (secondary N) is 1. The number of rotatable bonds is 5. The molecule has 0 bridgehead atoms. The van der Waals surface area contributed by atoms with Gasteiger partial charge in [0.15, 0.2) is 4.96 Å². The third kappa shape index (κ3) is 2.21. The van der Waals surface area contributed by atoms with E-state index >= 15 is 0 Å². The minimum Gasteiger partial charge on any atom is -0.408 e. The van der Waals surface area contributed by atoms with Crippen LogP contribution in [0.1, 0.15) is 24.9 Å². The lowest BCUT2D eigenvalue weighted by Crippen LogP contribution is -1.99. The van der Waals surface area contributed by atoms with Crippen LogP contribution in [-0.2, 0) is 13.0 Å². The van der Waals surface area contributed by atoms with Crippen molar-refractivity contribution in [1.29, 1.82) is 0 Å². The molecule has 0 aliphatic carbocycles. The quantitative estimate of drug-likeness (QED) is 0.765. The van der Waals surface area contributed by atoms with Gasteiger partial charge in [0.05, 0.1) is 12.2 Å². The first kappa shape index (κ1) is 11.2. The van der Waals surface area contributed by atoms with Gasteiger partial charge >= 0.3 is 6.01 Å². The summed E-state index contributed by atoms with van der Waals surface area (Å²) in [6.45, 7) is 2.66. The van der Waals surface area contributed by atoms with Gasteiger partial charge in [-0.1, -0.05) is 12.0 Å². The summed E-state index contributed by atoms with van der Waals surface area (Å²) < 4.78 is 7.43. The molecule has 0 unspecified atom stereocenters. The fourth-order valence-corrected chi connectivity index (χ4v) is 2.39. The van der Waals surface area contributed by atoms with Gasteiger partial charge in [0.1, 0.15) is 0 Å². The second-order valence-corrected chi connectivity index (χ2v) is 4.80. The molecule has 0 saturated heterocycles. The van der Waals surface area contributed by atoms with Crippen LogP contribution in [0.3, 0.4) is 0 Å². The Kier molecular flexibility index (Phi) is 2.97. The van der Waals surface area contributed by atoms with E-state index in [1.54, 1.807) is 11.3 Å². The van der Waals surface area contributed by atoms with E-state index in [9.17, 15) is 0 Å². The Labute approximate surface area is 108 Å². The van der Waals surface area contributed by atoms with E-state index in [0.29, 0.717) is 18.5 Å². The van der Waals surface area contributed by atoms with Gasteiger partial charge in [-0.15, -0.1) is 16.4 Å². The topological polar surface area (TPSA) is 68.2 Å². The van der Waals surface area contributed by atoms with E-state index in [-0.39, 0.29) is 0 Å². The van der Waals surface area contributed by atoms with Gasteiger partial charge in [0.2, 0.25) is 5.89 Å². The van der Waals surface area contributed by atoms with Crippen molar-refractivity contribution < 1.29 is 4.42 Å². The zero-order chi connectivity index (χ0) is 12.4. The summed E-state index contributed by atoms with van der Waals surface area (Å²) >= 11 is 1.61. The van der Waals surface area contributed by atoms with Crippen molar-refractivity contribution in [2.75, 3.05) is 5.32 Å². The molecular formula is C11H13N5OS. The maximum Gasteiger partial charge on any atom is 0.315 e. The van der Waals surface area contributed by atoms with E-state index in [1.165, 1.54) is 0 Å². The number of fused-ring (bicyclic) bond motifs is 1. The molecule has 0 spiro atoms. The Balaban J connectivity index is 1.64. The molecule has 94 valence electrons. The van der Waals surface area contributed by atoms with Crippen molar-refractivity contribution in [3.63, 3.8) is 0 Å². The number of hydrogen-bond donors (Lipinski definition) is 1. The summed E-state index contributed by atoms with van der Waals surface area (Å²) in [6, 6.07) is 0.454. The fourth-order valence-electron chi connectivity index (χ4n) is 1.67. The van der Waals surface area contributed by atoms with Crippen LogP contribution < -0.4 is 5.32 Å². The summed E-state index contributed by atoms with van der Waals surface area (Å²) in [5, 5.41) is 13.0. The molecule has 18 heavy (non-hydrogen) atoms. The van der Waals surface area contributed by atoms with E-state index < -0.39 is 0 Å². The first-order chi connectivity index (χ1) is 8.85. The van der Waals surface area contributed by atoms with Gasteiger partial charge in [-0.05, 0) is 6.42 Å². The van der Waals surface area contributed by atoms with Gasteiger partial charge in [0, 0.05) is 24.2 Å². The SMILES string of the molecule is CCCc1nnc(NCc2cn3ccsc3n2)o1. The second-order valence-electron chi connectivity index (χ2n) is 3.93. The number of imidazole rings is 1. The van der Waals surface area contributed by atoms with Gasteiger partial charge in [-0.2, -0.15) is 0 Å². The van der Waals surface area contributed by atoms with Crippen LogP contribution in [0.2, 0.25) is 0 Å². The first-order valence-electron chi connectivity index (χ1n) is 5.82. The summed E-state index contributed by atoms with van der Waals surface area (Å²) in [6.07, 6.45) is 5.79. The number of aryl methyl sites for hydroxylation is 1. The molecule has 6 nitrogen and oxygen atoms in total. The van der Waals surface area contributed by atoms with Crippen molar-refractivity contribution in [1.82, 2.24) is 19.6 Å². The molecule has 0 radical (unpaired) electrons. The number of anilines is 1. The van der Waals surface area contributed by atoms with Gasteiger partial charge < -0.3 is 9.73 Å². The Morgan fingerprint density at radius 2 is 2.39 bits per heavy atom. The zero-order valence-electron chi connectivity index (χ0n) is 9.96. The molecule has 0 aliphatic rings. The van der Waals surface area contributed by atoms with Crippen LogP contribution in [0.25, 0.3) is 4.96 Å². The summed E-state index contributed by atoms with van der Waals surface area (Å²) in [7, 11) is 0. The molecule has 0 fully saturated rings. The van der Waals surface area contributed by atoms with Crippen molar-refractivity contribution in [3.8, 4) is 0 Å². The van der Waals surface area contributed by atoms with Gasteiger partial charge in [-0.3, -0.25) is 4.40 Å². The Morgan fingerprint density at radius 3 is 3.22 bits per heavy atom. The maximum atomic E-state index is 5.44. The number of nitrogens with zero attached hydrogens (tertiary/aromatic N) is 4. The number of aromatic nitrogens is 4. The lowest BCUT2D eigenvalue weighted by molar-refractivity contribution is 0.500. The minimum absolute atomic E-state index is 0.454. The largest absolute Gasteiger partial charge is 0.408 e. The summed E-state index contributed by atoms with van der Waals surface area (Å²) in [5.74, 6) is 0.672. The molecule has 3 rings (SSSR count). The Bertz CT molecular complexity index is 612. The van der Waals surface area contributed by atoms with Gasteiger partial charge in [0.25, 0.3) is 0 Å². The molecule has 0 aromatic carbocycles. The molecule has 0 saturated carbocycles. The molecule has 3 aromatic rings. The van der Waals surface area contributed by atoms with Crippen LogP contribution >= 0.6 is 11.3 Å². The molecule has 7 heteroatoms. The molecular weight excluding hydrogens is 250 g/mol. The van der Waals surface area contributed by atoms with Crippen molar-refractivity contribution in [3.05, 3.63) is 29.4 Å². The molecule has 0 amide bonds. The third-order valence-electron chi connectivity index (χ3n) is 2.49. The first-order valence-corrected chi connectivity index (χ1v) is 6.70. The normalized spacial score (nSPS) is 11.2. The van der Waals surface area contributed by atoms with E-state index in [2.05, 4.69) is 27.4 Å². The summed E-state index contributed by atoms with van der Waals surface area (Å²) in [5.41, 5.74) is 0.956. The third-order valence-corrected chi connectivity index (χ3v) is 3.27. The Hall–Kier alpha value is -1.89. The fraction of sp³-hybridized carbons (Fsp3) is 0.364.